The maximum atomic E-state index is 12.9. The topological polar surface area (TPSA) is 70.0 Å². The molecule has 0 atom stereocenters. The van der Waals surface area contributed by atoms with Gasteiger partial charge in [0.15, 0.2) is 5.65 Å². The van der Waals surface area contributed by atoms with Crippen molar-refractivity contribution in [1.82, 2.24) is 19.6 Å². The molecule has 5 rings (SSSR count). The number of amides is 1. The molecule has 168 valence electrons. The molecule has 0 spiro atoms. The molecule has 1 amide bonds. The quantitative estimate of drug-likeness (QED) is 0.462. The lowest BCUT2D eigenvalue weighted by atomic mass is 10.2. The lowest BCUT2D eigenvalue weighted by Gasteiger charge is -2.36. The van der Waals surface area contributed by atoms with Gasteiger partial charge in [0.05, 0.1) is 16.5 Å². The van der Waals surface area contributed by atoms with E-state index in [1.807, 2.05) is 6.07 Å². The number of fused-ring (bicyclic) bond motifs is 2. The lowest BCUT2D eigenvalue weighted by Crippen LogP contribution is -2.48. The molecule has 1 aliphatic rings. The number of rotatable bonds is 5. The molecule has 7 nitrogen and oxygen atoms in total. The molecule has 2 aromatic heterocycles. The van der Waals surface area contributed by atoms with E-state index in [9.17, 15) is 9.59 Å². The van der Waals surface area contributed by atoms with Crippen molar-refractivity contribution in [3.05, 3.63) is 87.8 Å². The standard InChI is InChI=1S/C25H24ClN5O2/c26-18-8-9-20-22(17-18)28-23-21(7-4-11-31(23)25(20)33)24(32)27-10-12-29-13-15-30(16-14-29)19-5-2-1-3-6-19/h1-9,11,17H,10,12-16H2,(H,27,32). The van der Waals surface area contributed by atoms with Crippen molar-refractivity contribution >= 4 is 39.7 Å². The zero-order chi connectivity index (χ0) is 22.8. The third-order valence-corrected chi connectivity index (χ3v) is 6.29. The van der Waals surface area contributed by atoms with Crippen molar-refractivity contribution in [3.63, 3.8) is 0 Å². The van der Waals surface area contributed by atoms with Crippen LogP contribution < -0.4 is 15.8 Å². The van der Waals surface area contributed by atoms with Crippen LogP contribution in [0, 0.1) is 0 Å². The molecule has 0 bridgehead atoms. The van der Waals surface area contributed by atoms with Crippen LogP contribution >= 0.6 is 11.6 Å². The number of carbonyl (C=O) groups excluding carboxylic acids is 1. The monoisotopic (exact) mass is 461 g/mol. The van der Waals surface area contributed by atoms with Crippen LogP contribution in [0.5, 0.6) is 0 Å². The Hall–Kier alpha value is -3.42. The van der Waals surface area contributed by atoms with Gasteiger partial charge < -0.3 is 10.2 Å². The first kappa shape index (κ1) is 21.4. The Balaban J connectivity index is 1.25. The highest BCUT2D eigenvalue weighted by Gasteiger charge is 2.18. The molecular formula is C25H24ClN5O2. The number of para-hydroxylation sites is 1. The molecule has 2 aromatic carbocycles. The maximum absolute atomic E-state index is 12.9. The number of hydrogen-bond donors (Lipinski definition) is 1. The summed E-state index contributed by atoms with van der Waals surface area (Å²) in [6, 6.07) is 18.8. The first-order valence-electron chi connectivity index (χ1n) is 11.0. The fourth-order valence-electron chi connectivity index (χ4n) is 4.27. The predicted octanol–water partition coefficient (Wildman–Crippen LogP) is 3.05. The number of pyridine rings is 1. The minimum atomic E-state index is -0.246. The molecule has 1 N–H and O–H groups in total. The van der Waals surface area contributed by atoms with Gasteiger partial charge in [-0.1, -0.05) is 29.8 Å². The second-order valence-electron chi connectivity index (χ2n) is 8.11. The van der Waals surface area contributed by atoms with E-state index in [-0.39, 0.29) is 11.5 Å². The third-order valence-electron chi connectivity index (χ3n) is 6.05. The van der Waals surface area contributed by atoms with E-state index in [1.54, 1.807) is 36.5 Å². The number of nitrogens with one attached hydrogen (secondary N) is 1. The molecule has 8 heteroatoms. The van der Waals surface area contributed by atoms with Crippen LogP contribution in [0.2, 0.25) is 5.02 Å². The van der Waals surface area contributed by atoms with Crippen LogP contribution in [0.3, 0.4) is 0 Å². The van der Waals surface area contributed by atoms with Gasteiger partial charge in [-0.3, -0.25) is 18.9 Å². The van der Waals surface area contributed by atoms with Crippen LogP contribution in [-0.2, 0) is 0 Å². The molecule has 0 unspecified atom stereocenters. The summed E-state index contributed by atoms with van der Waals surface area (Å²) < 4.78 is 1.41. The molecule has 1 aliphatic heterocycles. The van der Waals surface area contributed by atoms with Crippen molar-refractivity contribution in [2.45, 2.75) is 0 Å². The van der Waals surface area contributed by atoms with Gasteiger partial charge in [0.2, 0.25) is 0 Å². The second kappa shape index (κ2) is 9.21. The third kappa shape index (κ3) is 4.42. The van der Waals surface area contributed by atoms with Gasteiger partial charge in [-0.15, -0.1) is 0 Å². The number of aromatic nitrogens is 2. The minimum absolute atomic E-state index is 0.224. The normalized spacial score (nSPS) is 14.6. The Morgan fingerprint density at radius 2 is 1.79 bits per heavy atom. The van der Waals surface area contributed by atoms with Crippen LogP contribution in [-0.4, -0.2) is 59.5 Å². The van der Waals surface area contributed by atoms with Gasteiger partial charge in [0.1, 0.15) is 0 Å². The largest absolute Gasteiger partial charge is 0.369 e. The van der Waals surface area contributed by atoms with Crippen LogP contribution in [0.1, 0.15) is 10.4 Å². The molecular weight excluding hydrogens is 438 g/mol. The van der Waals surface area contributed by atoms with Crippen molar-refractivity contribution in [2.75, 3.05) is 44.2 Å². The van der Waals surface area contributed by atoms with Crippen molar-refractivity contribution in [2.24, 2.45) is 0 Å². The lowest BCUT2D eigenvalue weighted by molar-refractivity contribution is 0.0949. The fourth-order valence-corrected chi connectivity index (χ4v) is 4.44. The molecule has 1 fully saturated rings. The zero-order valence-corrected chi connectivity index (χ0v) is 18.8. The Labute approximate surface area is 196 Å². The first-order chi connectivity index (χ1) is 16.1. The molecule has 0 saturated carbocycles. The highest BCUT2D eigenvalue weighted by atomic mass is 35.5. The summed E-state index contributed by atoms with van der Waals surface area (Å²) in [7, 11) is 0. The van der Waals surface area contributed by atoms with Crippen molar-refractivity contribution in [1.29, 1.82) is 0 Å². The van der Waals surface area contributed by atoms with Crippen molar-refractivity contribution < 1.29 is 4.79 Å². The number of hydrogen-bond acceptors (Lipinski definition) is 5. The molecule has 1 saturated heterocycles. The first-order valence-corrected chi connectivity index (χ1v) is 11.4. The van der Waals surface area contributed by atoms with Gasteiger partial charge >= 0.3 is 0 Å². The van der Waals surface area contributed by atoms with E-state index in [2.05, 4.69) is 44.4 Å². The number of halogens is 1. The summed E-state index contributed by atoms with van der Waals surface area (Å²) in [4.78, 5) is 35.1. The minimum Gasteiger partial charge on any atom is -0.369 e. The molecule has 33 heavy (non-hydrogen) atoms. The van der Waals surface area contributed by atoms with Gasteiger partial charge in [-0.2, -0.15) is 0 Å². The van der Waals surface area contributed by atoms with E-state index in [4.69, 9.17) is 11.6 Å². The summed E-state index contributed by atoms with van der Waals surface area (Å²) >= 11 is 6.07. The number of nitrogens with zero attached hydrogens (tertiary/aromatic N) is 4. The van der Waals surface area contributed by atoms with E-state index in [1.165, 1.54) is 10.1 Å². The highest BCUT2D eigenvalue weighted by molar-refractivity contribution is 6.31. The van der Waals surface area contributed by atoms with Crippen molar-refractivity contribution in [3.8, 4) is 0 Å². The average molecular weight is 462 g/mol. The SMILES string of the molecule is O=C(NCCN1CCN(c2ccccc2)CC1)c1cccn2c(=O)c3ccc(Cl)cc3nc12. The number of anilines is 1. The van der Waals surface area contributed by atoms with Gasteiger partial charge in [0.25, 0.3) is 11.5 Å². The number of piperazine rings is 1. The van der Waals surface area contributed by atoms with Crippen LogP contribution in [0.25, 0.3) is 16.6 Å². The van der Waals surface area contributed by atoms with E-state index >= 15 is 0 Å². The Morgan fingerprint density at radius 3 is 2.58 bits per heavy atom. The summed E-state index contributed by atoms with van der Waals surface area (Å²) in [6.45, 7) is 5.11. The predicted molar refractivity (Wildman–Crippen MR) is 131 cm³/mol. The van der Waals surface area contributed by atoms with Gasteiger partial charge in [0, 0.05) is 56.2 Å². The molecule has 0 aliphatic carbocycles. The second-order valence-corrected chi connectivity index (χ2v) is 8.55. The summed E-state index contributed by atoms with van der Waals surface area (Å²) in [5, 5.41) is 3.94. The van der Waals surface area contributed by atoms with Crippen LogP contribution in [0.4, 0.5) is 5.69 Å². The van der Waals surface area contributed by atoms with Crippen LogP contribution in [0.15, 0.2) is 71.7 Å². The molecule has 0 radical (unpaired) electrons. The number of carbonyl (C=O) groups is 1. The van der Waals surface area contributed by atoms with Gasteiger partial charge in [-0.25, -0.2) is 4.98 Å². The maximum Gasteiger partial charge on any atom is 0.265 e. The fraction of sp³-hybridized carbons (Fsp3) is 0.240. The smallest absolute Gasteiger partial charge is 0.265 e. The zero-order valence-electron chi connectivity index (χ0n) is 18.1. The average Bonchev–Trinajstić information content (AvgIpc) is 2.84. The molecule has 3 heterocycles. The Bertz CT molecular complexity index is 1360. The molecule has 4 aromatic rings. The summed E-state index contributed by atoms with van der Waals surface area (Å²) in [6.07, 6.45) is 1.63. The van der Waals surface area contributed by atoms with E-state index in [0.29, 0.717) is 33.7 Å². The Morgan fingerprint density at radius 1 is 1.00 bits per heavy atom. The van der Waals surface area contributed by atoms with E-state index < -0.39 is 0 Å². The Kier molecular flexibility index (Phi) is 5.98. The highest BCUT2D eigenvalue weighted by Crippen LogP contribution is 2.18. The summed E-state index contributed by atoms with van der Waals surface area (Å²) in [5.41, 5.74) is 2.19. The van der Waals surface area contributed by atoms with E-state index in [0.717, 1.165) is 32.7 Å². The summed E-state index contributed by atoms with van der Waals surface area (Å²) in [5.74, 6) is -0.246. The number of benzene rings is 2. The van der Waals surface area contributed by atoms with Gasteiger partial charge in [-0.05, 0) is 42.5 Å².